The summed E-state index contributed by atoms with van der Waals surface area (Å²) in [6.07, 6.45) is -5.25. The zero-order valence-electron chi connectivity index (χ0n) is 16.4. The number of esters is 1. The Labute approximate surface area is 179 Å². The minimum Gasteiger partial charge on any atom is -0.494 e. The van der Waals surface area contributed by atoms with Crippen molar-refractivity contribution in [2.45, 2.75) is 18.8 Å². The lowest BCUT2D eigenvalue weighted by Crippen LogP contribution is -2.69. The van der Waals surface area contributed by atoms with E-state index in [9.17, 15) is 22.8 Å². The molecule has 164 valence electrons. The van der Waals surface area contributed by atoms with Crippen LogP contribution >= 0.6 is 11.3 Å². The van der Waals surface area contributed by atoms with Gasteiger partial charge >= 0.3 is 17.8 Å². The van der Waals surface area contributed by atoms with Crippen molar-refractivity contribution in [1.29, 1.82) is 0 Å². The van der Waals surface area contributed by atoms with Crippen LogP contribution in [0.4, 0.5) is 18.3 Å². The third kappa shape index (κ3) is 4.55. The van der Waals surface area contributed by atoms with Gasteiger partial charge in [0, 0.05) is 5.56 Å². The number of fused-ring (bicyclic) bond motifs is 1. The summed E-state index contributed by atoms with van der Waals surface area (Å²) in [7, 11) is 0.798. The third-order valence-corrected chi connectivity index (χ3v) is 5.15. The maximum atomic E-state index is 14.2. The second kappa shape index (κ2) is 8.80. The number of hydrogen-bond acceptors (Lipinski definition) is 7. The molecule has 7 nitrogen and oxygen atoms in total. The van der Waals surface area contributed by atoms with Crippen LogP contribution in [0.15, 0.2) is 48.5 Å². The number of anilines is 1. The number of nitrogens with zero attached hydrogens (tertiary/aromatic N) is 1. The first kappa shape index (κ1) is 22.3. The van der Waals surface area contributed by atoms with Crippen LogP contribution in [-0.2, 0) is 9.53 Å². The van der Waals surface area contributed by atoms with E-state index in [-0.39, 0.29) is 10.7 Å². The number of methoxy groups -OCH3 is 1. The van der Waals surface area contributed by atoms with Crippen molar-refractivity contribution >= 4 is 38.6 Å². The number of carbonyl (C=O) groups excluding carboxylic acids is 2. The molecule has 1 unspecified atom stereocenters. The minimum absolute atomic E-state index is 0.0625. The molecule has 3 rings (SSSR count). The number of amides is 1. The fourth-order valence-corrected chi connectivity index (χ4v) is 3.70. The van der Waals surface area contributed by atoms with Gasteiger partial charge < -0.3 is 20.1 Å². The molecule has 11 heteroatoms. The summed E-state index contributed by atoms with van der Waals surface area (Å²) in [5, 5.41) is 3.58. The summed E-state index contributed by atoms with van der Waals surface area (Å²) < 4.78 is 52.8. The van der Waals surface area contributed by atoms with E-state index >= 15 is 0 Å². The van der Waals surface area contributed by atoms with Gasteiger partial charge in [0.15, 0.2) is 5.13 Å². The van der Waals surface area contributed by atoms with E-state index in [1.165, 1.54) is 24.3 Å². The SMILES string of the molecule is CCOc1ccc2nc(NC(NC(=O)c3ccccc3)(C(=O)OC)C(F)(F)F)sc2c1. The van der Waals surface area contributed by atoms with Gasteiger partial charge in [0.1, 0.15) is 5.75 Å². The van der Waals surface area contributed by atoms with Gasteiger partial charge in [0.05, 0.1) is 23.9 Å². The molecule has 0 aliphatic heterocycles. The lowest BCUT2D eigenvalue weighted by molar-refractivity contribution is -0.203. The highest BCUT2D eigenvalue weighted by Gasteiger charge is 2.64. The Morgan fingerprint density at radius 2 is 1.84 bits per heavy atom. The first-order chi connectivity index (χ1) is 14.7. The van der Waals surface area contributed by atoms with Crippen LogP contribution in [-0.4, -0.2) is 42.4 Å². The number of ether oxygens (including phenoxy) is 2. The van der Waals surface area contributed by atoms with Crippen molar-refractivity contribution < 1.29 is 32.2 Å². The summed E-state index contributed by atoms with van der Waals surface area (Å²) >= 11 is 0.870. The monoisotopic (exact) mass is 453 g/mol. The topological polar surface area (TPSA) is 89.5 Å². The maximum absolute atomic E-state index is 14.2. The van der Waals surface area contributed by atoms with E-state index < -0.39 is 23.7 Å². The van der Waals surface area contributed by atoms with Crippen LogP contribution in [0.25, 0.3) is 10.2 Å². The molecular formula is C20H18F3N3O4S. The number of rotatable bonds is 7. The summed E-state index contributed by atoms with van der Waals surface area (Å²) in [5.74, 6) is -2.33. The van der Waals surface area contributed by atoms with E-state index in [0.29, 0.717) is 22.6 Å². The van der Waals surface area contributed by atoms with Crippen LogP contribution in [0, 0.1) is 0 Å². The van der Waals surface area contributed by atoms with Gasteiger partial charge in [0.25, 0.3) is 5.91 Å². The van der Waals surface area contributed by atoms with Crippen molar-refractivity contribution in [3.05, 3.63) is 54.1 Å². The Balaban J connectivity index is 2.02. The normalized spacial score (nSPS) is 13.3. The second-order valence-electron chi connectivity index (χ2n) is 6.27. The van der Waals surface area contributed by atoms with Gasteiger partial charge in [-0.3, -0.25) is 4.79 Å². The maximum Gasteiger partial charge on any atom is 0.442 e. The van der Waals surface area contributed by atoms with Gasteiger partial charge in [-0.1, -0.05) is 29.5 Å². The van der Waals surface area contributed by atoms with Crippen molar-refractivity contribution in [2.75, 3.05) is 19.0 Å². The number of alkyl halides is 3. The zero-order chi connectivity index (χ0) is 22.6. The van der Waals surface area contributed by atoms with Crippen LogP contribution in [0.3, 0.4) is 0 Å². The van der Waals surface area contributed by atoms with Gasteiger partial charge in [0.2, 0.25) is 0 Å². The highest BCUT2D eigenvalue weighted by Crippen LogP contribution is 2.36. The molecule has 2 aromatic carbocycles. The molecule has 0 spiro atoms. The molecule has 0 saturated heterocycles. The number of thiazole rings is 1. The van der Waals surface area contributed by atoms with Crippen LogP contribution < -0.4 is 15.4 Å². The Kier molecular flexibility index (Phi) is 6.34. The average molecular weight is 453 g/mol. The lowest BCUT2D eigenvalue weighted by Gasteiger charge is -2.34. The molecule has 1 atom stereocenters. The van der Waals surface area contributed by atoms with E-state index in [2.05, 4.69) is 15.0 Å². The Morgan fingerprint density at radius 3 is 2.45 bits per heavy atom. The van der Waals surface area contributed by atoms with Gasteiger partial charge in [-0.2, -0.15) is 13.2 Å². The molecule has 1 heterocycles. The quantitative estimate of drug-likeness (QED) is 0.416. The van der Waals surface area contributed by atoms with Gasteiger partial charge in [-0.15, -0.1) is 0 Å². The number of halogens is 3. The fraction of sp³-hybridized carbons (Fsp3) is 0.250. The molecule has 3 aromatic rings. The molecule has 1 aromatic heterocycles. The number of carbonyl (C=O) groups is 2. The molecule has 0 bridgehead atoms. The van der Waals surface area contributed by atoms with E-state index in [1.807, 2.05) is 0 Å². The van der Waals surface area contributed by atoms with Crippen molar-refractivity contribution in [1.82, 2.24) is 10.3 Å². The smallest absolute Gasteiger partial charge is 0.442 e. The van der Waals surface area contributed by atoms with Crippen LogP contribution in [0.1, 0.15) is 17.3 Å². The molecule has 0 aliphatic rings. The minimum atomic E-state index is -5.25. The Hall–Kier alpha value is -3.34. The predicted molar refractivity (Wildman–Crippen MR) is 109 cm³/mol. The highest BCUT2D eigenvalue weighted by atomic mass is 32.1. The van der Waals surface area contributed by atoms with Crippen molar-refractivity contribution in [3.63, 3.8) is 0 Å². The van der Waals surface area contributed by atoms with Gasteiger partial charge in [-0.05, 0) is 37.3 Å². The Morgan fingerprint density at radius 1 is 1.13 bits per heavy atom. The number of aromatic nitrogens is 1. The molecular weight excluding hydrogens is 435 g/mol. The average Bonchev–Trinajstić information content (AvgIpc) is 3.14. The Bertz CT molecular complexity index is 1090. The molecule has 0 saturated carbocycles. The standard InChI is InChI=1S/C20H18F3N3O4S/c1-3-30-13-9-10-14-15(11-13)31-18(24-14)26-19(17(28)29-2,20(21,22)23)25-16(27)12-7-5-4-6-8-12/h4-11H,3H2,1-2H3,(H,24,26)(H,25,27). The molecule has 31 heavy (non-hydrogen) atoms. The summed E-state index contributed by atoms with van der Waals surface area (Å²) in [6.45, 7) is 2.22. The number of hydrogen-bond donors (Lipinski definition) is 2. The lowest BCUT2D eigenvalue weighted by atomic mass is 10.1. The summed E-state index contributed by atoms with van der Waals surface area (Å²) in [6, 6.07) is 12.0. The van der Waals surface area contributed by atoms with Crippen molar-refractivity contribution in [3.8, 4) is 5.75 Å². The highest BCUT2D eigenvalue weighted by molar-refractivity contribution is 7.22. The van der Waals surface area contributed by atoms with Crippen molar-refractivity contribution in [2.24, 2.45) is 0 Å². The number of benzene rings is 2. The predicted octanol–water partition coefficient (Wildman–Crippen LogP) is 3.97. The van der Waals surface area contributed by atoms with E-state index in [0.717, 1.165) is 18.4 Å². The fourth-order valence-electron chi connectivity index (χ4n) is 2.75. The summed E-state index contributed by atoms with van der Waals surface area (Å²) in [4.78, 5) is 29.0. The second-order valence-corrected chi connectivity index (χ2v) is 7.30. The third-order valence-electron chi connectivity index (χ3n) is 4.22. The molecule has 1 amide bonds. The van der Waals surface area contributed by atoms with Gasteiger partial charge in [-0.25, -0.2) is 9.78 Å². The molecule has 0 fully saturated rings. The van der Waals surface area contributed by atoms with E-state index in [1.54, 1.807) is 36.5 Å². The molecule has 0 radical (unpaired) electrons. The first-order valence-electron chi connectivity index (χ1n) is 9.04. The molecule has 0 aliphatic carbocycles. The summed E-state index contributed by atoms with van der Waals surface area (Å²) in [5.41, 5.74) is -3.22. The molecule has 2 N–H and O–H groups in total. The van der Waals surface area contributed by atoms with Crippen LogP contribution in [0.5, 0.6) is 5.75 Å². The van der Waals surface area contributed by atoms with E-state index in [4.69, 9.17) is 4.74 Å². The number of nitrogens with one attached hydrogen (secondary N) is 2. The zero-order valence-corrected chi connectivity index (χ0v) is 17.3. The largest absolute Gasteiger partial charge is 0.494 e. The van der Waals surface area contributed by atoms with Crippen LogP contribution in [0.2, 0.25) is 0 Å². The first-order valence-corrected chi connectivity index (χ1v) is 9.86.